The number of nitrogens with zero attached hydrogens (tertiary/aromatic N) is 1. The molecule has 8 nitrogen and oxygen atoms in total. The van der Waals surface area contributed by atoms with Crippen molar-refractivity contribution < 1.29 is 23.9 Å². The SMILES string of the molecule is CCOC(=O)c1sc(NC(=O)N2CCc3c([nH]c4ccccc34)[C@H]2C)c(C(=O)OCC)c1C. The van der Waals surface area contributed by atoms with Gasteiger partial charge in [0.15, 0.2) is 0 Å². The molecule has 1 aliphatic heterocycles. The molecule has 0 aliphatic carbocycles. The highest BCUT2D eigenvalue weighted by Gasteiger charge is 2.33. The molecular formula is C24H27N3O5S. The van der Waals surface area contributed by atoms with Gasteiger partial charge in [-0.2, -0.15) is 0 Å². The molecule has 2 amide bonds. The molecule has 33 heavy (non-hydrogen) atoms. The van der Waals surface area contributed by atoms with E-state index in [4.69, 9.17) is 9.47 Å². The third-order valence-corrected chi connectivity index (χ3v) is 7.09. The van der Waals surface area contributed by atoms with Crippen molar-refractivity contribution in [3.8, 4) is 0 Å². The third-order valence-electron chi connectivity index (χ3n) is 5.90. The summed E-state index contributed by atoms with van der Waals surface area (Å²) in [4.78, 5) is 43.8. The van der Waals surface area contributed by atoms with Gasteiger partial charge >= 0.3 is 18.0 Å². The average molecular weight is 470 g/mol. The van der Waals surface area contributed by atoms with E-state index in [2.05, 4.69) is 16.4 Å². The van der Waals surface area contributed by atoms with Crippen LogP contribution in [-0.2, 0) is 15.9 Å². The summed E-state index contributed by atoms with van der Waals surface area (Å²) in [5.74, 6) is -1.11. The van der Waals surface area contributed by atoms with Gasteiger partial charge in [0.2, 0.25) is 0 Å². The zero-order chi connectivity index (χ0) is 23.7. The molecule has 3 heterocycles. The summed E-state index contributed by atoms with van der Waals surface area (Å²) in [6, 6.07) is 7.59. The van der Waals surface area contributed by atoms with Gasteiger partial charge in [0, 0.05) is 23.1 Å². The summed E-state index contributed by atoms with van der Waals surface area (Å²) < 4.78 is 10.3. The minimum Gasteiger partial charge on any atom is -0.462 e. The van der Waals surface area contributed by atoms with Crippen LogP contribution in [-0.4, -0.2) is 47.6 Å². The first-order chi connectivity index (χ1) is 15.9. The molecule has 1 aliphatic rings. The monoisotopic (exact) mass is 469 g/mol. The number of rotatable bonds is 5. The molecule has 9 heteroatoms. The predicted molar refractivity (Wildman–Crippen MR) is 127 cm³/mol. The molecule has 3 aromatic rings. The second-order valence-electron chi connectivity index (χ2n) is 7.81. The summed E-state index contributed by atoms with van der Waals surface area (Å²) >= 11 is 1.03. The van der Waals surface area contributed by atoms with Crippen molar-refractivity contribution in [1.29, 1.82) is 0 Å². The Morgan fingerprint density at radius 1 is 1.15 bits per heavy atom. The Kier molecular flexibility index (Phi) is 6.42. The molecule has 2 aromatic heterocycles. The van der Waals surface area contributed by atoms with Crippen molar-refractivity contribution in [3.63, 3.8) is 0 Å². The van der Waals surface area contributed by atoms with Gasteiger partial charge in [-0.1, -0.05) is 18.2 Å². The zero-order valence-corrected chi connectivity index (χ0v) is 19.9. The highest BCUT2D eigenvalue weighted by Crippen LogP contribution is 2.37. The standard InChI is InChI=1S/C24H27N3O5S/c1-5-31-22(28)18-13(3)20(23(29)32-6-2)33-21(18)26-24(30)27-12-11-16-15-9-7-8-10-17(15)25-19(16)14(27)4/h7-10,14,25H,5-6,11-12H2,1-4H3,(H,26,30)/t14-/m1/s1. The van der Waals surface area contributed by atoms with Crippen LogP contribution in [0, 0.1) is 6.92 Å². The molecule has 4 rings (SSSR count). The van der Waals surface area contributed by atoms with Gasteiger partial charge in [-0.05, 0) is 51.3 Å². The Hall–Kier alpha value is -3.33. The number of para-hydroxylation sites is 1. The molecule has 0 saturated heterocycles. The van der Waals surface area contributed by atoms with E-state index in [1.165, 1.54) is 10.9 Å². The van der Waals surface area contributed by atoms with E-state index in [0.717, 1.165) is 29.0 Å². The van der Waals surface area contributed by atoms with E-state index in [-0.39, 0.29) is 40.7 Å². The van der Waals surface area contributed by atoms with Crippen molar-refractivity contribution in [2.75, 3.05) is 25.1 Å². The molecule has 1 atom stereocenters. The number of thiophene rings is 1. The largest absolute Gasteiger partial charge is 0.462 e. The number of esters is 2. The summed E-state index contributed by atoms with van der Waals surface area (Å²) in [5.41, 5.74) is 3.92. The quantitative estimate of drug-likeness (QED) is 0.510. The second kappa shape index (κ2) is 9.27. The number of H-pyrrole nitrogens is 1. The number of amides is 2. The van der Waals surface area contributed by atoms with Crippen LogP contribution in [0.3, 0.4) is 0 Å². The fourth-order valence-corrected chi connectivity index (χ4v) is 5.40. The number of carbonyl (C=O) groups is 3. The first kappa shape index (κ1) is 22.8. The summed E-state index contributed by atoms with van der Waals surface area (Å²) in [5, 5.41) is 4.32. The van der Waals surface area contributed by atoms with E-state index in [9.17, 15) is 14.4 Å². The second-order valence-corrected chi connectivity index (χ2v) is 8.83. The number of anilines is 1. The maximum absolute atomic E-state index is 13.3. The van der Waals surface area contributed by atoms with Gasteiger partial charge < -0.3 is 19.4 Å². The molecule has 0 bridgehead atoms. The lowest BCUT2D eigenvalue weighted by atomic mass is 9.98. The highest BCUT2D eigenvalue weighted by molar-refractivity contribution is 7.18. The predicted octanol–water partition coefficient (Wildman–Crippen LogP) is 5.04. The van der Waals surface area contributed by atoms with Crippen LogP contribution in [0.2, 0.25) is 0 Å². The van der Waals surface area contributed by atoms with Crippen LogP contribution < -0.4 is 5.32 Å². The highest BCUT2D eigenvalue weighted by atomic mass is 32.1. The normalized spacial score (nSPS) is 15.3. The summed E-state index contributed by atoms with van der Waals surface area (Å²) in [7, 11) is 0. The van der Waals surface area contributed by atoms with Crippen LogP contribution in [0.25, 0.3) is 10.9 Å². The van der Waals surface area contributed by atoms with Crippen LogP contribution in [0.4, 0.5) is 9.80 Å². The van der Waals surface area contributed by atoms with E-state index < -0.39 is 11.9 Å². The van der Waals surface area contributed by atoms with E-state index >= 15 is 0 Å². The molecule has 0 unspecified atom stereocenters. The molecule has 0 fully saturated rings. The van der Waals surface area contributed by atoms with Gasteiger partial charge in [0.25, 0.3) is 0 Å². The Morgan fingerprint density at radius 2 is 1.85 bits per heavy atom. The first-order valence-corrected chi connectivity index (χ1v) is 11.8. The number of carbonyl (C=O) groups excluding carboxylic acids is 3. The molecule has 1 aromatic carbocycles. The fourth-order valence-electron chi connectivity index (χ4n) is 4.32. The Morgan fingerprint density at radius 3 is 2.58 bits per heavy atom. The maximum Gasteiger partial charge on any atom is 0.348 e. The minimum absolute atomic E-state index is 0.183. The van der Waals surface area contributed by atoms with Crippen LogP contribution >= 0.6 is 11.3 Å². The number of ether oxygens (including phenoxy) is 2. The van der Waals surface area contributed by atoms with Crippen molar-refractivity contribution in [1.82, 2.24) is 9.88 Å². The van der Waals surface area contributed by atoms with Crippen molar-refractivity contribution >= 4 is 45.2 Å². The number of nitrogens with one attached hydrogen (secondary N) is 2. The number of aromatic nitrogens is 1. The lowest BCUT2D eigenvalue weighted by Crippen LogP contribution is -2.41. The van der Waals surface area contributed by atoms with Crippen LogP contribution in [0.1, 0.15) is 63.7 Å². The van der Waals surface area contributed by atoms with E-state index in [1.807, 2.05) is 25.1 Å². The van der Waals surface area contributed by atoms with Gasteiger partial charge in [0.05, 0.1) is 24.8 Å². The van der Waals surface area contributed by atoms with Crippen molar-refractivity contribution in [2.45, 2.75) is 40.2 Å². The van der Waals surface area contributed by atoms with Gasteiger partial charge in [-0.15, -0.1) is 11.3 Å². The van der Waals surface area contributed by atoms with Crippen molar-refractivity contribution in [2.24, 2.45) is 0 Å². The molecule has 0 spiro atoms. The number of hydrogen-bond donors (Lipinski definition) is 2. The van der Waals surface area contributed by atoms with Crippen LogP contribution in [0.15, 0.2) is 24.3 Å². The summed E-state index contributed by atoms with van der Waals surface area (Å²) in [6.07, 6.45) is 0.722. The molecule has 174 valence electrons. The van der Waals surface area contributed by atoms with Crippen LogP contribution in [0.5, 0.6) is 0 Å². The Balaban J connectivity index is 1.63. The van der Waals surface area contributed by atoms with E-state index in [1.54, 1.807) is 25.7 Å². The van der Waals surface area contributed by atoms with Gasteiger partial charge in [-0.3, -0.25) is 5.32 Å². The summed E-state index contributed by atoms with van der Waals surface area (Å²) in [6.45, 7) is 7.98. The first-order valence-electron chi connectivity index (χ1n) is 11.0. The Bertz CT molecular complexity index is 1230. The topological polar surface area (TPSA) is 101 Å². The molecule has 0 saturated carbocycles. The number of hydrogen-bond acceptors (Lipinski definition) is 6. The lowest BCUT2D eigenvalue weighted by molar-refractivity contribution is 0.0527. The Labute approximate surface area is 195 Å². The molecule has 2 N–H and O–H groups in total. The fraction of sp³-hybridized carbons (Fsp3) is 0.375. The lowest BCUT2D eigenvalue weighted by Gasteiger charge is -2.33. The maximum atomic E-state index is 13.3. The zero-order valence-electron chi connectivity index (χ0n) is 19.1. The third kappa shape index (κ3) is 4.08. The molecular weight excluding hydrogens is 442 g/mol. The van der Waals surface area contributed by atoms with Gasteiger partial charge in [0.1, 0.15) is 9.88 Å². The number of benzene rings is 1. The smallest absolute Gasteiger partial charge is 0.348 e. The number of fused-ring (bicyclic) bond motifs is 3. The van der Waals surface area contributed by atoms with E-state index in [0.29, 0.717) is 12.1 Å². The average Bonchev–Trinajstić information content (AvgIpc) is 3.32. The van der Waals surface area contributed by atoms with Gasteiger partial charge in [-0.25, -0.2) is 14.4 Å². The number of aromatic amines is 1. The van der Waals surface area contributed by atoms with Crippen molar-refractivity contribution in [3.05, 3.63) is 51.5 Å². The molecule has 0 radical (unpaired) electrons. The minimum atomic E-state index is -0.582. The number of urea groups is 1.